The van der Waals surface area contributed by atoms with E-state index in [9.17, 15) is 4.79 Å². The molecule has 2 saturated heterocycles. The molecule has 2 unspecified atom stereocenters. The zero-order chi connectivity index (χ0) is 10.3. The van der Waals surface area contributed by atoms with Gasteiger partial charge >= 0.3 is 5.97 Å². The average molecular weight is 194 g/mol. The number of hydrogen-bond acceptors (Lipinski definition) is 3. The lowest BCUT2D eigenvalue weighted by Crippen LogP contribution is -2.06. The van der Waals surface area contributed by atoms with E-state index < -0.39 is 0 Å². The van der Waals surface area contributed by atoms with Gasteiger partial charge in [-0.15, -0.1) is 0 Å². The smallest absolute Gasteiger partial charge is 0.334 e. The highest BCUT2D eigenvalue weighted by molar-refractivity contribution is 5.91. The Morgan fingerprint density at radius 3 is 2.50 bits per heavy atom. The summed E-state index contributed by atoms with van der Waals surface area (Å²) in [5, 5.41) is 0. The molecule has 0 aromatic heterocycles. The van der Waals surface area contributed by atoms with Gasteiger partial charge in [0.1, 0.15) is 12.2 Å². The van der Waals surface area contributed by atoms with Gasteiger partial charge in [0.05, 0.1) is 5.76 Å². The molecule has 2 heterocycles. The second kappa shape index (κ2) is 3.15. The van der Waals surface area contributed by atoms with Crippen molar-refractivity contribution in [2.45, 2.75) is 38.9 Å². The molecule has 0 aromatic carbocycles. The highest BCUT2D eigenvalue weighted by Gasteiger charge is 2.33. The molecule has 0 aromatic rings. The maximum absolute atomic E-state index is 11.5. The molecule has 3 heteroatoms. The molecule has 3 nitrogen and oxygen atoms in total. The molecule has 0 N–H and O–H groups in total. The molecule has 0 amide bonds. The maximum Gasteiger partial charge on any atom is 0.334 e. The van der Waals surface area contributed by atoms with Gasteiger partial charge in [-0.25, -0.2) is 4.79 Å². The SMILES string of the molecule is C=C1C/C(=C2/CC(C)OC2=O)C(C)O1. The lowest BCUT2D eigenvalue weighted by atomic mass is 10.00. The van der Waals surface area contributed by atoms with Crippen molar-refractivity contribution in [2.24, 2.45) is 0 Å². The van der Waals surface area contributed by atoms with Crippen molar-refractivity contribution in [3.8, 4) is 0 Å². The maximum atomic E-state index is 11.5. The monoisotopic (exact) mass is 194 g/mol. The molecule has 2 aliphatic rings. The fourth-order valence-corrected chi connectivity index (χ4v) is 2.00. The summed E-state index contributed by atoms with van der Waals surface area (Å²) < 4.78 is 10.5. The van der Waals surface area contributed by atoms with Crippen molar-refractivity contribution in [1.29, 1.82) is 0 Å². The summed E-state index contributed by atoms with van der Waals surface area (Å²) in [6.45, 7) is 7.61. The first kappa shape index (κ1) is 9.31. The Bertz CT molecular complexity index is 327. The number of carbonyl (C=O) groups excluding carboxylic acids is 1. The van der Waals surface area contributed by atoms with Crippen LogP contribution in [-0.4, -0.2) is 18.2 Å². The van der Waals surface area contributed by atoms with E-state index in [1.54, 1.807) is 0 Å². The quantitative estimate of drug-likeness (QED) is 0.436. The summed E-state index contributed by atoms with van der Waals surface area (Å²) in [7, 11) is 0. The van der Waals surface area contributed by atoms with Crippen LogP contribution >= 0.6 is 0 Å². The highest BCUT2D eigenvalue weighted by atomic mass is 16.5. The third-order valence-corrected chi connectivity index (χ3v) is 2.66. The minimum Gasteiger partial charge on any atom is -0.491 e. The fourth-order valence-electron chi connectivity index (χ4n) is 2.00. The number of hydrogen-bond donors (Lipinski definition) is 0. The van der Waals surface area contributed by atoms with E-state index in [4.69, 9.17) is 9.47 Å². The first-order valence-electron chi connectivity index (χ1n) is 4.85. The Morgan fingerprint density at radius 2 is 2.07 bits per heavy atom. The van der Waals surface area contributed by atoms with Gasteiger partial charge in [0.15, 0.2) is 0 Å². The third-order valence-electron chi connectivity index (χ3n) is 2.66. The molecular weight excluding hydrogens is 180 g/mol. The lowest BCUT2D eigenvalue weighted by molar-refractivity contribution is -0.138. The summed E-state index contributed by atoms with van der Waals surface area (Å²) in [4.78, 5) is 11.5. The van der Waals surface area contributed by atoms with Crippen LogP contribution in [0.15, 0.2) is 23.5 Å². The molecule has 0 saturated carbocycles. The van der Waals surface area contributed by atoms with Crippen molar-refractivity contribution in [2.75, 3.05) is 0 Å². The molecule has 2 rings (SSSR count). The molecule has 0 bridgehead atoms. The number of rotatable bonds is 0. The van der Waals surface area contributed by atoms with Gasteiger partial charge in [-0.05, 0) is 19.4 Å². The third kappa shape index (κ3) is 1.43. The van der Waals surface area contributed by atoms with Crippen LogP contribution in [0.4, 0.5) is 0 Å². The van der Waals surface area contributed by atoms with E-state index in [1.165, 1.54) is 0 Å². The number of cyclic esters (lactones) is 1. The normalized spacial score (nSPS) is 37.3. The first-order valence-corrected chi connectivity index (χ1v) is 4.85. The van der Waals surface area contributed by atoms with Crippen LogP contribution in [0.3, 0.4) is 0 Å². The Morgan fingerprint density at radius 1 is 1.36 bits per heavy atom. The van der Waals surface area contributed by atoms with Gasteiger partial charge in [-0.1, -0.05) is 6.58 Å². The zero-order valence-corrected chi connectivity index (χ0v) is 8.50. The Labute approximate surface area is 83.4 Å². The number of ether oxygens (including phenoxy) is 2. The second-order valence-electron chi connectivity index (χ2n) is 3.90. The Hall–Kier alpha value is -1.25. The van der Waals surface area contributed by atoms with E-state index in [2.05, 4.69) is 6.58 Å². The van der Waals surface area contributed by atoms with E-state index in [-0.39, 0.29) is 18.2 Å². The minimum atomic E-state index is -0.183. The van der Waals surface area contributed by atoms with Crippen LogP contribution < -0.4 is 0 Å². The van der Waals surface area contributed by atoms with E-state index in [1.807, 2.05) is 13.8 Å². The van der Waals surface area contributed by atoms with Crippen LogP contribution in [0.5, 0.6) is 0 Å². The van der Waals surface area contributed by atoms with Crippen molar-refractivity contribution in [3.05, 3.63) is 23.5 Å². The van der Waals surface area contributed by atoms with Gasteiger partial charge in [0.2, 0.25) is 0 Å². The standard InChI is InChI=1S/C11H14O3/c1-6-4-9(8(3)13-6)10-5-7(2)14-11(10)12/h7-8H,1,4-5H2,2-3H3/b10-9+. The topological polar surface area (TPSA) is 35.5 Å². The Balaban J connectivity index is 2.31. The second-order valence-corrected chi connectivity index (χ2v) is 3.90. The summed E-state index contributed by atoms with van der Waals surface area (Å²) in [6.07, 6.45) is 1.37. The van der Waals surface area contributed by atoms with Crippen LogP contribution in [0.1, 0.15) is 26.7 Å². The minimum absolute atomic E-state index is 0.00562. The van der Waals surface area contributed by atoms with Crippen LogP contribution in [0, 0.1) is 0 Å². The van der Waals surface area contributed by atoms with Gasteiger partial charge in [0.25, 0.3) is 0 Å². The van der Waals surface area contributed by atoms with Crippen LogP contribution in [-0.2, 0) is 14.3 Å². The first-order chi connectivity index (χ1) is 6.58. The zero-order valence-electron chi connectivity index (χ0n) is 8.50. The molecule has 76 valence electrons. The van der Waals surface area contributed by atoms with E-state index in [0.717, 1.165) is 16.9 Å². The predicted molar refractivity (Wildman–Crippen MR) is 51.5 cm³/mol. The van der Waals surface area contributed by atoms with Crippen molar-refractivity contribution >= 4 is 5.97 Å². The molecule has 0 spiro atoms. The molecule has 0 aliphatic carbocycles. The summed E-state index contributed by atoms with van der Waals surface area (Å²) in [5.41, 5.74) is 1.84. The van der Waals surface area contributed by atoms with Gasteiger partial charge in [0, 0.05) is 18.4 Å². The highest BCUT2D eigenvalue weighted by Crippen LogP contribution is 2.34. The largest absolute Gasteiger partial charge is 0.491 e. The average Bonchev–Trinajstić information content (AvgIpc) is 2.55. The molecule has 14 heavy (non-hydrogen) atoms. The van der Waals surface area contributed by atoms with Gasteiger partial charge < -0.3 is 9.47 Å². The van der Waals surface area contributed by atoms with Crippen LogP contribution in [0.2, 0.25) is 0 Å². The van der Waals surface area contributed by atoms with Crippen LogP contribution in [0.25, 0.3) is 0 Å². The number of carbonyl (C=O) groups is 1. The molecule has 2 fully saturated rings. The van der Waals surface area contributed by atoms with E-state index >= 15 is 0 Å². The van der Waals surface area contributed by atoms with Crippen molar-refractivity contribution in [1.82, 2.24) is 0 Å². The van der Waals surface area contributed by atoms with Crippen molar-refractivity contribution in [3.63, 3.8) is 0 Å². The Kier molecular flexibility index (Phi) is 2.10. The van der Waals surface area contributed by atoms with Gasteiger partial charge in [-0.3, -0.25) is 0 Å². The molecule has 0 radical (unpaired) electrons. The summed E-state index contributed by atoms with van der Waals surface area (Å²) in [5.74, 6) is 0.560. The summed E-state index contributed by atoms with van der Waals surface area (Å²) in [6, 6.07) is 0. The number of esters is 1. The molecule has 2 atom stereocenters. The van der Waals surface area contributed by atoms with E-state index in [0.29, 0.717) is 12.8 Å². The number of allylic oxidation sites excluding steroid dienone is 1. The van der Waals surface area contributed by atoms with Gasteiger partial charge in [-0.2, -0.15) is 0 Å². The lowest BCUT2D eigenvalue weighted by Gasteiger charge is -2.05. The summed E-state index contributed by atoms with van der Waals surface area (Å²) >= 11 is 0. The molecule has 2 aliphatic heterocycles. The fraction of sp³-hybridized carbons (Fsp3) is 0.545. The van der Waals surface area contributed by atoms with Crippen molar-refractivity contribution < 1.29 is 14.3 Å². The predicted octanol–water partition coefficient (Wildman–Crippen LogP) is 1.94. The molecular formula is C11H14O3.